The summed E-state index contributed by atoms with van der Waals surface area (Å²) in [6, 6.07) is 19.5. The third-order valence-corrected chi connectivity index (χ3v) is 7.40. The molecule has 37 heavy (non-hydrogen) atoms. The Balaban J connectivity index is 1.24. The first-order valence-corrected chi connectivity index (χ1v) is 12.9. The Morgan fingerprint density at radius 3 is 2.05 bits per heavy atom. The maximum Gasteiger partial charge on any atom is 0.247 e. The summed E-state index contributed by atoms with van der Waals surface area (Å²) in [6.07, 6.45) is 0. The lowest BCUT2D eigenvalue weighted by molar-refractivity contribution is 0.313. The van der Waals surface area contributed by atoms with Gasteiger partial charge in [0, 0.05) is 75.0 Å². The topological polar surface area (TPSA) is 55.2 Å². The van der Waals surface area contributed by atoms with Crippen molar-refractivity contribution >= 4 is 28.7 Å². The summed E-state index contributed by atoms with van der Waals surface area (Å²) in [5, 5.41) is 8.05. The van der Waals surface area contributed by atoms with Crippen LogP contribution >= 0.6 is 0 Å². The molecule has 0 unspecified atom stereocenters. The summed E-state index contributed by atoms with van der Waals surface area (Å²) in [5.74, 6) is 0.262. The fourth-order valence-corrected chi connectivity index (χ4v) is 5.10. The fourth-order valence-electron chi connectivity index (χ4n) is 5.10. The molecule has 1 N–H and O–H groups in total. The van der Waals surface area contributed by atoms with Crippen molar-refractivity contribution in [2.75, 3.05) is 81.6 Å². The summed E-state index contributed by atoms with van der Waals surface area (Å²) in [5.41, 5.74) is 5.36. The van der Waals surface area contributed by atoms with E-state index in [-0.39, 0.29) is 5.82 Å². The molecule has 2 aliphatic rings. The van der Waals surface area contributed by atoms with Gasteiger partial charge in [0.25, 0.3) is 0 Å². The Hall–Kier alpha value is -3.69. The molecule has 0 atom stereocenters. The molecule has 2 aliphatic heterocycles. The Morgan fingerprint density at radius 1 is 0.730 bits per heavy atom. The van der Waals surface area contributed by atoms with Crippen molar-refractivity contribution in [2.24, 2.45) is 0 Å². The van der Waals surface area contributed by atoms with Gasteiger partial charge >= 0.3 is 0 Å². The Morgan fingerprint density at radius 2 is 1.38 bits per heavy atom. The van der Waals surface area contributed by atoms with Gasteiger partial charge in [0.2, 0.25) is 5.95 Å². The average molecular weight is 501 g/mol. The zero-order valence-corrected chi connectivity index (χ0v) is 21.4. The maximum atomic E-state index is 14.7. The molecule has 9 heteroatoms. The molecule has 2 aromatic heterocycles. The lowest BCUT2D eigenvalue weighted by Gasteiger charge is -2.34. The van der Waals surface area contributed by atoms with E-state index in [1.165, 1.54) is 5.69 Å². The van der Waals surface area contributed by atoms with Crippen LogP contribution < -0.4 is 15.1 Å². The van der Waals surface area contributed by atoms with Crippen molar-refractivity contribution in [3.63, 3.8) is 0 Å². The van der Waals surface area contributed by atoms with Gasteiger partial charge in [-0.3, -0.25) is 0 Å². The van der Waals surface area contributed by atoms with Gasteiger partial charge in [0.1, 0.15) is 5.82 Å². The molecule has 2 aromatic carbocycles. The summed E-state index contributed by atoms with van der Waals surface area (Å²) < 4.78 is 16.5. The van der Waals surface area contributed by atoms with Crippen LogP contribution in [0.15, 0.2) is 60.7 Å². The molecule has 2 saturated heterocycles. The zero-order chi connectivity index (χ0) is 25.4. The number of piperazine rings is 2. The lowest BCUT2D eigenvalue weighted by atomic mass is 10.1. The van der Waals surface area contributed by atoms with Crippen LogP contribution in [-0.2, 0) is 0 Å². The van der Waals surface area contributed by atoms with Crippen molar-refractivity contribution in [2.45, 2.75) is 0 Å². The highest BCUT2D eigenvalue weighted by Gasteiger charge is 2.18. The number of hydrogen-bond acceptors (Lipinski definition) is 7. The number of pyridine rings is 1. The molecule has 4 aromatic rings. The van der Waals surface area contributed by atoms with Gasteiger partial charge < -0.3 is 24.9 Å². The van der Waals surface area contributed by atoms with Crippen molar-refractivity contribution in [3.05, 3.63) is 66.5 Å². The smallest absolute Gasteiger partial charge is 0.247 e. The zero-order valence-electron chi connectivity index (χ0n) is 21.4. The van der Waals surface area contributed by atoms with Crippen LogP contribution in [0.5, 0.6) is 0 Å². The minimum Gasteiger partial charge on any atom is -0.369 e. The molecule has 0 amide bonds. The highest BCUT2D eigenvalue weighted by molar-refractivity contribution is 5.69. The quantitative estimate of drug-likeness (QED) is 0.448. The van der Waals surface area contributed by atoms with E-state index < -0.39 is 0 Å². The molecular weight excluding hydrogens is 467 g/mol. The van der Waals surface area contributed by atoms with E-state index in [0.29, 0.717) is 11.6 Å². The highest BCUT2D eigenvalue weighted by atomic mass is 19.1. The first kappa shape index (κ1) is 23.7. The number of likely N-dealkylation sites (N-methyl/N-ethyl adjacent to an activating group) is 2. The average Bonchev–Trinajstić information content (AvgIpc) is 3.32. The van der Waals surface area contributed by atoms with Crippen LogP contribution in [0.2, 0.25) is 0 Å². The van der Waals surface area contributed by atoms with Crippen molar-refractivity contribution in [1.29, 1.82) is 0 Å². The molecule has 4 heterocycles. The molecule has 2 fully saturated rings. The van der Waals surface area contributed by atoms with E-state index in [9.17, 15) is 4.39 Å². The summed E-state index contributed by atoms with van der Waals surface area (Å²) in [6.45, 7) is 7.94. The van der Waals surface area contributed by atoms with Crippen LogP contribution in [0.1, 0.15) is 0 Å². The standard InChI is InChI=1S/C28H33FN8/c1-33-10-14-35(15-11-33)24-8-6-23(7-9-24)30-28-31-27-5-3-4-26(37(27)32-28)21-18-22(29)20-25(19-21)36-16-12-34(2)13-17-36/h3-9,18-20H,10-17H2,1-2H3,(H,30,32). The Kier molecular flexibility index (Phi) is 6.40. The van der Waals surface area contributed by atoms with Crippen molar-refractivity contribution in [1.82, 2.24) is 24.4 Å². The van der Waals surface area contributed by atoms with E-state index >= 15 is 0 Å². The highest BCUT2D eigenvalue weighted by Crippen LogP contribution is 2.28. The van der Waals surface area contributed by atoms with Crippen LogP contribution in [0.25, 0.3) is 16.9 Å². The van der Waals surface area contributed by atoms with Crippen LogP contribution in [0.4, 0.5) is 27.4 Å². The fraction of sp³-hybridized carbons (Fsp3) is 0.357. The van der Waals surface area contributed by atoms with Crippen molar-refractivity contribution < 1.29 is 4.39 Å². The van der Waals surface area contributed by atoms with Gasteiger partial charge in [-0.1, -0.05) is 6.07 Å². The Bertz CT molecular complexity index is 1370. The van der Waals surface area contributed by atoms with Crippen LogP contribution in [0.3, 0.4) is 0 Å². The molecular formula is C28H33FN8. The van der Waals surface area contributed by atoms with Crippen molar-refractivity contribution in [3.8, 4) is 11.3 Å². The summed E-state index contributed by atoms with van der Waals surface area (Å²) in [4.78, 5) is 14.0. The maximum absolute atomic E-state index is 14.7. The number of rotatable bonds is 5. The minimum atomic E-state index is -0.248. The summed E-state index contributed by atoms with van der Waals surface area (Å²) >= 11 is 0. The van der Waals surface area contributed by atoms with Gasteiger partial charge in [-0.2, -0.15) is 4.98 Å². The number of aromatic nitrogens is 3. The molecule has 0 spiro atoms. The van der Waals surface area contributed by atoms with Gasteiger partial charge in [-0.25, -0.2) is 8.91 Å². The van der Waals surface area contributed by atoms with Crippen LogP contribution in [-0.4, -0.2) is 90.9 Å². The first-order valence-electron chi connectivity index (χ1n) is 12.9. The molecule has 0 saturated carbocycles. The molecule has 192 valence electrons. The molecule has 8 nitrogen and oxygen atoms in total. The number of fused-ring (bicyclic) bond motifs is 1. The predicted molar refractivity (Wildman–Crippen MR) is 148 cm³/mol. The van der Waals surface area contributed by atoms with E-state index in [1.54, 1.807) is 16.6 Å². The lowest BCUT2D eigenvalue weighted by Crippen LogP contribution is -2.44. The van der Waals surface area contributed by atoms with Gasteiger partial charge in [0.15, 0.2) is 5.65 Å². The number of nitrogens with one attached hydrogen (secondary N) is 1. The van der Waals surface area contributed by atoms with Gasteiger partial charge in [-0.05, 0) is 68.7 Å². The largest absolute Gasteiger partial charge is 0.369 e. The second-order valence-electron chi connectivity index (χ2n) is 10.1. The second-order valence-corrected chi connectivity index (χ2v) is 10.1. The number of hydrogen-bond donors (Lipinski definition) is 1. The van der Waals surface area contributed by atoms with E-state index in [0.717, 1.165) is 75.0 Å². The Labute approximate surface area is 216 Å². The number of halogens is 1. The van der Waals surface area contributed by atoms with Crippen LogP contribution in [0, 0.1) is 5.82 Å². The molecule has 0 radical (unpaired) electrons. The number of nitrogens with zero attached hydrogens (tertiary/aromatic N) is 7. The predicted octanol–water partition coefficient (Wildman–Crippen LogP) is 3.78. The SMILES string of the molecule is CN1CCN(c2ccc(Nc3nc4cccc(-c5cc(F)cc(N6CCN(C)CC6)c5)n4n3)cc2)CC1. The third-order valence-electron chi connectivity index (χ3n) is 7.40. The van der Waals surface area contributed by atoms with E-state index in [4.69, 9.17) is 5.10 Å². The number of anilines is 4. The second kappa shape index (κ2) is 9.99. The van der Waals surface area contributed by atoms with Gasteiger partial charge in [0.05, 0.1) is 5.69 Å². The molecule has 0 bridgehead atoms. The van der Waals surface area contributed by atoms with Gasteiger partial charge in [-0.15, -0.1) is 5.10 Å². The minimum absolute atomic E-state index is 0.248. The molecule has 6 rings (SSSR count). The van der Waals surface area contributed by atoms with E-state index in [1.807, 2.05) is 18.2 Å². The summed E-state index contributed by atoms with van der Waals surface area (Å²) in [7, 11) is 4.28. The van der Waals surface area contributed by atoms with E-state index in [2.05, 4.69) is 74.3 Å². The monoisotopic (exact) mass is 500 g/mol. The third kappa shape index (κ3) is 5.10. The normalized spacial score (nSPS) is 17.5. The first-order chi connectivity index (χ1) is 18.0. The number of benzene rings is 2. The molecule has 0 aliphatic carbocycles.